The number of ether oxygens (including phenoxy) is 3. The van der Waals surface area contributed by atoms with E-state index in [1.807, 2.05) is 60.7 Å². The van der Waals surface area contributed by atoms with Gasteiger partial charge in [-0.25, -0.2) is 0 Å². The van der Waals surface area contributed by atoms with Crippen molar-refractivity contribution in [3.63, 3.8) is 0 Å². The fraction of sp³-hybridized carbons (Fsp3) is 0.128. The molecular formula is C39H36O3. The van der Waals surface area contributed by atoms with Crippen LogP contribution in [0.5, 0.6) is 17.2 Å². The monoisotopic (exact) mass is 552 g/mol. The molecule has 0 fully saturated rings. The first-order valence-electron chi connectivity index (χ1n) is 14.2. The molecule has 0 bridgehead atoms. The maximum atomic E-state index is 5.80. The summed E-state index contributed by atoms with van der Waals surface area (Å²) in [5, 5.41) is 2.45. The molecule has 6 aromatic carbocycles. The fourth-order valence-electron chi connectivity index (χ4n) is 4.33. The lowest BCUT2D eigenvalue weighted by atomic mass is 10.1. The summed E-state index contributed by atoms with van der Waals surface area (Å²) in [7, 11) is 0. The molecule has 0 radical (unpaired) electrons. The van der Waals surface area contributed by atoms with E-state index in [2.05, 4.69) is 98.8 Å². The molecular weight excluding hydrogens is 516 g/mol. The Morgan fingerprint density at radius 1 is 0.357 bits per heavy atom. The summed E-state index contributed by atoms with van der Waals surface area (Å²) < 4.78 is 17.4. The van der Waals surface area contributed by atoms with E-state index < -0.39 is 0 Å². The van der Waals surface area contributed by atoms with Gasteiger partial charge in [0.1, 0.15) is 37.1 Å². The van der Waals surface area contributed by atoms with Crippen LogP contribution < -0.4 is 14.2 Å². The summed E-state index contributed by atoms with van der Waals surface area (Å²) in [5.74, 6) is 2.71. The third-order valence-corrected chi connectivity index (χ3v) is 6.85. The Morgan fingerprint density at radius 2 is 0.762 bits per heavy atom. The van der Waals surface area contributed by atoms with Crippen molar-refractivity contribution >= 4 is 10.8 Å². The van der Waals surface area contributed by atoms with Crippen molar-refractivity contribution in [2.45, 2.75) is 33.7 Å². The first-order valence-corrected chi connectivity index (χ1v) is 14.2. The zero-order valence-corrected chi connectivity index (χ0v) is 24.2. The average molecular weight is 553 g/mol. The van der Waals surface area contributed by atoms with Gasteiger partial charge in [0.05, 0.1) is 0 Å². The minimum absolute atomic E-state index is 0.572. The predicted octanol–water partition coefficient (Wildman–Crippen LogP) is 9.88. The van der Waals surface area contributed by atoms with Gasteiger partial charge in [0, 0.05) is 0 Å². The molecule has 0 aliphatic carbocycles. The molecule has 3 heteroatoms. The highest BCUT2D eigenvalue weighted by molar-refractivity contribution is 5.83. The van der Waals surface area contributed by atoms with Gasteiger partial charge in [0.2, 0.25) is 0 Å². The Kier molecular flexibility index (Phi) is 9.89. The molecule has 0 spiro atoms. The van der Waals surface area contributed by atoms with Crippen LogP contribution in [0.25, 0.3) is 10.8 Å². The van der Waals surface area contributed by atoms with Gasteiger partial charge in [-0.3, -0.25) is 0 Å². The lowest BCUT2D eigenvalue weighted by Crippen LogP contribution is -1.98. The van der Waals surface area contributed by atoms with Gasteiger partial charge in [-0.05, 0) is 77.7 Å². The molecule has 3 nitrogen and oxygen atoms in total. The molecule has 42 heavy (non-hydrogen) atoms. The molecule has 0 saturated heterocycles. The summed E-state index contributed by atoms with van der Waals surface area (Å²) >= 11 is 0. The number of hydrogen-bond acceptors (Lipinski definition) is 3. The second-order valence-corrected chi connectivity index (χ2v) is 10.3. The highest BCUT2D eigenvalue weighted by Gasteiger charge is 2.00. The number of hydrogen-bond donors (Lipinski definition) is 0. The third-order valence-electron chi connectivity index (χ3n) is 6.85. The molecule has 0 aromatic heterocycles. The maximum absolute atomic E-state index is 5.80. The molecule has 0 unspecified atom stereocenters. The Bertz CT molecular complexity index is 1590. The molecule has 0 heterocycles. The SMILES string of the molecule is Cc1ccc(OCc2ccc(COc3ccc(C)cc3)cc2)cc1.c1ccc(COc2ccc3ccccc3c2)cc1. The number of fused-ring (bicyclic) bond motifs is 1. The van der Waals surface area contributed by atoms with Crippen LogP contribution in [0, 0.1) is 13.8 Å². The van der Waals surface area contributed by atoms with Crippen molar-refractivity contribution in [3.8, 4) is 17.2 Å². The van der Waals surface area contributed by atoms with Crippen LogP contribution in [-0.2, 0) is 19.8 Å². The van der Waals surface area contributed by atoms with Gasteiger partial charge in [0.15, 0.2) is 0 Å². The molecule has 6 aromatic rings. The maximum Gasteiger partial charge on any atom is 0.120 e. The van der Waals surface area contributed by atoms with Crippen molar-refractivity contribution < 1.29 is 14.2 Å². The van der Waals surface area contributed by atoms with Crippen molar-refractivity contribution in [2.24, 2.45) is 0 Å². The molecule has 0 amide bonds. The second-order valence-electron chi connectivity index (χ2n) is 10.3. The van der Waals surface area contributed by atoms with Crippen molar-refractivity contribution in [3.05, 3.63) is 173 Å². The minimum atomic E-state index is 0.572. The highest BCUT2D eigenvalue weighted by Crippen LogP contribution is 2.21. The third kappa shape index (κ3) is 8.74. The topological polar surface area (TPSA) is 27.7 Å². The van der Waals surface area contributed by atoms with Gasteiger partial charge >= 0.3 is 0 Å². The van der Waals surface area contributed by atoms with Gasteiger partial charge in [-0.15, -0.1) is 0 Å². The Morgan fingerprint density at radius 3 is 1.29 bits per heavy atom. The summed E-state index contributed by atoms with van der Waals surface area (Å²) in [6.07, 6.45) is 0. The van der Waals surface area contributed by atoms with Gasteiger partial charge < -0.3 is 14.2 Å². The van der Waals surface area contributed by atoms with Crippen molar-refractivity contribution in [1.29, 1.82) is 0 Å². The normalized spacial score (nSPS) is 10.4. The Balaban J connectivity index is 0.000000175. The lowest BCUT2D eigenvalue weighted by Gasteiger charge is -2.09. The number of aryl methyl sites for hydroxylation is 2. The van der Waals surface area contributed by atoms with Crippen LogP contribution in [0.2, 0.25) is 0 Å². The molecule has 210 valence electrons. The van der Waals surface area contributed by atoms with Gasteiger partial charge in [0.25, 0.3) is 0 Å². The van der Waals surface area contributed by atoms with Crippen LogP contribution in [-0.4, -0.2) is 0 Å². The number of rotatable bonds is 9. The first kappa shape index (κ1) is 28.5. The summed E-state index contributed by atoms with van der Waals surface area (Å²) in [4.78, 5) is 0. The minimum Gasteiger partial charge on any atom is -0.489 e. The van der Waals surface area contributed by atoms with E-state index in [-0.39, 0.29) is 0 Å². The van der Waals surface area contributed by atoms with Crippen molar-refractivity contribution in [1.82, 2.24) is 0 Å². The molecule has 0 saturated carbocycles. The Labute approximate surface area is 249 Å². The van der Waals surface area contributed by atoms with Crippen LogP contribution in [0.4, 0.5) is 0 Å². The van der Waals surface area contributed by atoms with Crippen LogP contribution in [0.1, 0.15) is 27.8 Å². The second kappa shape index (κ2) is 14.6. The first-order chi connectivity index (χ1) is 20.6. The van der Waals surface area contributed by atoms with E-state index in [0.29, 0.717) is 19.8 Å². The Hall–Kier alpha value is -5.02. The lowest BCUT2D eigenvalue weighted by molar-refractivity contribution is 0.302. The standard InChI is InChI=1S/C22H22O2.C17H14O/c1-17-3-11-21(12-4-17)23-15-19-7-9-20(10-8-19)16-24-22-13-5-18(2)6-14-22;1-2-6-14(7-3-1)13-18-17-11-10-15-8-4-5-9-16(15)12-17/h3-14H,15-16H2,1-2H3;1-12H,13H2. The molecule has 0 aliphatic rings. The number of benzene rings is 6. The largest absolute Gasteiger partial charge is 0.489 e. The quantitative estimate of drug-likeness (QED) is 0.179. The average Bonchev–Trinajstić information content (AvgIpc) is 3.04. The highest BCUT2D eigenvalue weighted by atomic mass is 16.5. The fourth-order valence-corrected chi connectivity index (χ4v) is 4.33. The van der Waals surface area contributed by atoms with E-state index in [0.717, 1.165) is 28.4 Å². The van der Waals surface area contributed by atoms with Crippen LogP contribution in [0.3, 0.4) is 0 Å². The van der Waals surface area contributed by atoms with E-state index in [1.54, 1.807) is 0 Å². The van der Waals surface area contributed by atoms with Gasteiger partial charge in [-0.2, -0.15) is 0 Å². The smallest absolute Gasteiger partial charge is 0.120 e. The summed E-state index contributed by atoms with van der Waals surface area (Å²) in [6.45, 7) is 5.89. The molecule has 6 rings (SSSR count). The molecule has 0 aliphatic heterocycles. The van der Waals surface area contributed by atoms with E-state index in [1.165, 1.54) is 27.5 Å². The van der Waals surface area contributed by atoms with Crippen molar-refractivity contribution in [2.75, 3.05) is 0 Å². The molecule has 0 N–H and O–H groups in total. The van der Waals surface area contributed by atoms with Crippen LogP contribution >= 0.6 is 0 Å². The summed E-state index contributed by atoms with van der Waals surface area (Å²) in [5.41, 5.74) is 5.95. The predicted molar refractivity (Wildman–Crippen MR) is 172 cm³/mol. The van der Waals surface area contributed by atoms with E-state index in [9.17, 15) is 0 Å². The molecule has 0 atom stereocenters. The van der Waals surface area contributed by atoms with Gasteiger partial charge in [-0.1, -0.05) is 120 Å². The zero-order valence-electron chi connectivity index (χ0n) is 24.2. The van der Waals surface area contributed by atoms with E-state index >= 15 is 0 Å². The van der Waals surface area contributed by atoms with Crippen LogP contribution in [0.15, 0.2) is 146 Å². The zero-order chi connectivity index (χ0) is 29.0. The summed E-state index contributed by atoms with van der Waals surface area (Å²) in [6, 6.07) is 49.3. The van der Waals surface area contributed by atoms with E-state index in [4.69, 9.17) is 14.2 Å².